The van der Waals surface area contributed by atoms with Crippen LogP contribution in [0.15, 0.2) is 47.2 Å². The molecule has 2 nitrogen and oxygen atoms in total. The summed E-state index contributed by atoms with van der Waals surface area (Å²) in [5.74, 6) is 0. The van der Waals surface area contributed by atoms with E-state index in [4.69, 9.17) is 23.2 Å². The zero-order chi connectivity index (χ0) is 13.8. The van der Waals surface area contributed by atoms with Crippen LogP contribution in [0.1, 0.15) is 11.1 Å². The third-order valence-corrected chi connectivity index (χ3v) is 4.09. The van der Waals surface area contributed by atoms with Gasteiger partial charge in [0.15, 0.2) is 0 Å². The van der Waals surface area contributed by atoms with Gasteiger partial charge in [-0.15, -0.1) is 0 Å². The van der Waals surface area contributed by atoms with Gasteiger partial charge in [-0.3, -0.25) is 4.98 Å². The molecule has 19 heavy (non-hydrogen) atoms. The second kappa shape index (κ2) is 6.21. The molecule has 0 aliphatic rings. The van der Waals surface area contributed by atoms with E-state index < -0.39 is 0 Å². The van der Waals surface area contributed by atoms with Gasteiger partial charge in [-0.25, -0.2) is 0 Å². The van der Waals surface area contributed by atoms with Gasteiger partial charge in [0.05, 0.1) is 15.6 Å². The first kappa shape index (κ1) is 14.1. The van der Waals surface area contributed by atoms with Gasteiger partial charge >= 0.3 is 0 Å². The molecule has 0 fully saturated rings. The number of hydrogen-bond donors (Lipinski definition) is 0. The lowest BCUT2D eigenvalue weighted by molar-refractivity contribution is 1.31. The number of rotatable bonds is 2. The maximum absolute atomic E-state index is 9.27. The molecule has 0 amide bonds. The monoisotopic (exact) mass is 352 g/mol. The van der Waals surface area contributed by atoms with Crippen molar-refractivity contribution < 1.29 is 0 Å². The smallest absolute Gasteiger partial charge is 0.101 e. The number of benzene rings is 1. The molecule has 0 saturated heterocycles. The summed E-state index contributed by atoms with van der Waals surface area (Å²) in [4.78, 5) is 3.98. The first-order chi connectivity index (χ1) is 9.13. The Morgan fingerprint density at radius 1 is 1.26 bits per heavy atom. The summed E-state index contributed by atoms with van der Waals surface area (Å²) in [6.07, 6.45) is 3.24. The second-order valence-electron chi connectivity index (χ2n) is 3.67. The van der Waals surface area contributed by atoms with E-state index in [2.05, 4.69) is 27.0 Å². The molecular weight excluding hydrogens is 347 g/mol. The number of hydrogen-bond acceptors (Lipinski definition) is 2. The summed E-state index contributed by atoms with van der Waals surface area (Å²) < 4.78 is 0.780. The highest BCUT2D eigenvalue weighted by Gasteiger charge is 2.10. The first-order valence-corrected chi connectivity index (χ1v) is 6.84. The Hall–Kier alpha value is -1.34. The van der Waals surface area contributed by atoms with E-state index in [-0.39, 0.29) is 0 Å². The number of aromatic nitrogens is 1. The van der Waals surface area contributed by atoms with Gasteiger partial charge in [-0.1, -0.05) is 35.3 Å². The van der Waals surface area contributed by atoms with Crippen molar-refractivity contribution in [2.24, 2.45) is 0 Å². The van der Waals surface area contributed by atoms with Gasteiger partial charge < -0.3 is 0 Å². The average molecular weight is 354 g/mol. The summed E-state index contributed by atoms with van der Waals surface area (Å²) >= 11 is 15.6. The summed E-state index contributed by atoms with van der Waals surface area (Å²) in [5.41, 5.74) is 1.73. The molecule has 5 heteroatoms. The second-order valence-corrected chi connectivity index (χ2v) is 5.31. The van der Waals surface area contributed by atoms with Crippen LogP contribution in [0.3, 0.4) is 0 Å². The average Bonchev–Trinajstić information content (AvgIpc) is 2.44. The largest absolute Gasteiger partial charge is 0.264 e. The number of allylic oxidation sites excluding steroid dienone is 1. The van der Waals surface area contributed by atoms with E-state index in [0.29, 0.717) is 26.8 Å². The topological polar surface area (TPSA) is 36.7 Å². The quantitative estimate of drug-likeness (QED) is 0.702. The van der Waals surface area contributed by atoms with Crippen LogP contribution in [0.5, 0.6) is 0 Å². The third kappa shape index (κ3) is 3.16. The minimum atomic E-state index is 0.352. The van der Waals surface area contributed by atoms with Crippen molar-refractivity contribution in [3.8, 4) is 6.07 Å². The van der Waals surface area contributed by atoms with Gasteiger partial charge in [0.2, 0.25) is 0 Å². The Bertz CT molecular complexity index is 676. The van der Waals surface area contributed by atoms with Crippen molar-refractivity contribution in [3.05, 3.63) is 63.3 Å². The van der Waals surface area contributed by atoms with Crippen molar-refractivity contribution >= 4 is 49.7 Å². The Balaban J connectivity index is 2.56. The fourth-order valence-corrected chi connectivity index (χ4v) is 2.22. The fraction of sp³-hybridized carbons (Fsp3) is 0. The molecule has 94 valence electrons. The van der Waals surface area contributed by atoms with Gasteiger partial charge in [-0.05, 0) is 39.7 Å². The van der Waals surface area contributed by atoms with Gasteiger partial charge in [-0.2, -0.15) is 5.26 Å². The van der Waals surface area contributed by atoms with Crippen LogP contribution in [0.25, 0.3) is 10.6 Å². The summed E-state index contributed by atoms with van der Waals surface area (Å²) in [6, 6.07) is 10.9. The Kier molecular flexibility index (Phi) is 4.60. The molecule has 0 aliphatic heterocycles. The van der Waals surface area contributed by atoms with Crippen LogP contribution in [-0.4, -0.2) is 4.98 Å². The zero-order valence-electron chi connectivity index (χ0n) is 9.57. The maximum Gasteiger partial charge on any atom is 0.101 e. The number of halogens is 3. The van der Waals surface area contributed by atoms with Gasteiger partial charge in [0.25, 0.3) is 0 Å². The highest BCUT2D eigenvalue weighted by molar-refractivity contribution is 9.10. The Labute approximate surface area is 129 Å². The van der Waals surface area contributed by atoms with Crippen molar-refractivity contribution in [1.29, 1.82) is 5.26 Å². The SMILES string of the molecule is N#C/C(=C(/Cl)c1ccc(Br)c(Cl)c1)c1cccnc1. The molecule has 0 radical (unpaired) electrons. The molecule has 0 bridgehead atoms. The lowest BCUT2D eigenvalue weighted by Gasteiger charge is -2.05. The number of nitrogens with zero attached hydrogens (tertiary/aromatic N) is 2. The molecule has 0 saturated carbocycles. The summed E-state index contributed by atoms with van der Waals surface area (Å²) in [6.45, 7) is 0. The number of pyridine rings is 1. The molecule has 2 rings (SSSR count). The van der Waals surface area contributed by atoms with Crippen LogP contribution in [0.4, 0.5) is 0 Å². The number of nitriles is 1. The van der Waals surface area contributed by atoms with E-state index in [9.17, 15) is 5.26 Å². The highest BCUT2D eigenvalue weighted by atomic mass is 79.9. The third-order valence-electron chi connectivity index (χ3n) is 2.45. The highest BCUT2D eigenvalue weighted by Crippen LogP contribution is 2.32. The lowest BCUT2D eigenvalue weighted by Crippen LogP contribution is -1.87. The Morgan fingerprint density at radius 2 is 2.05 bits per heavy atom. The van der Waals surface area contributed by atoms with E-state index in [0.717, 1.165) is 4.47 Å². The van der Waals surface area contributed by atoms with E-state index in [1.54, 1.807) is 42.7 Å². The van der Waals surface area contributed by atoms with E-state index in [1.807, 2.05) is 0 Å². The molecule has 2 aromatic rings. The predicted molar refractivity (Wildman–Crippen MR) is 81.7 cm³/mol. The van der Waals surface area contributed by atoms with Crippen LogP contribution in [-0.2, 0) is 0 Å². The van der Waals surface area contributed by atoms with Gasteiger partial charge in [0.1, 0.15) is 6.07 Å². The zero-order valence-corrected chi connectivity index (χ0v) is 12.7. The first-order valence-electron chi connectivity index (χ1n) is 5.29. The fourth-order valence-electron chi connectivity index (χ4n) is 1.53. The van der Waals surface area contributed by atoms with E-state index >= 15 is 0 Å². The van der Waals surface area contributed by atoms with Crippen LogP contribution < -0.4 is 0 Å². The molecule has 0 aliphatic carbocycles. The minimum Gasteiger partial charge on any atom is -0.264 e. The van der Waals surface area contributed by atoms with Crippen LogP contribution in [0, 0.1) is 11.3 Å². The van der Waals surface area contributed by atoms with Crippen LogP contribution in [0.2, 0.25) is 5.02 Å². The molecule has 1 aromatic heterocycles. The molecule has 0 spiro atoms. The molecule has 0 unspecified atom stereocenters. The summed E-state index contributed by atoms with van der Waals surface area (Å²) in [7, 11) is 0. The van der Waals surface area contributed by atoms with Gasteiger partial charge in [0, 0.05) is 22.4 Å². The molecular formula is C14H7BrCl2N2. The van der Waals surface area contributed by atoms with Crippen molar-refractivity contribution in [1.82, 2.24) is 4.98 Å². The van der Waals surface area contributed by atoms with E-state index in [1.165, 1.54) is 0 Å². The maximum atomic E-state index is 9.27. The van der Waals surface area contributed by atoms with Crippen LogP contribution >= 0.6 is 39.1 Å². The standard InChI is InChI=1S/C14H7BrCl2N2/c15-12-4-3-9(6-13(12)16)14(17)11(7-18)10-2-1-5-19-8-10/h1-6,8H/b14-11-. The van der Waals surface area contributed by atoms with Crippen molar-refractivity contribution in [3.63, 3.8) is 0 Å². The molecule has 0 atom stereocenters. The predicted octanol–water partition coefficient (Wildman–Crippen LogP) is 5.13. The normalized spacial score (nSPS) is 11.7. The molecule has 1 heterocycles. The molecule has 1 aromatic carbocycles. The summed E-state index contributed by atoms with van der Waals surface area (Å²) in [5, 5.41) is 10.2. The van der Waals surface area contributed by atoms with Crippen molar-refractivity contribution in [2.45, 2.75) is 0 Å². The molecule has 0 N–H and O–H groups in total. The van der Waals surface area contributed by atoms with Crippen molar-refractivity contribution in [2.75, 3.05) is 0 Å². The lowest BCUT2D eigenvalue weighted by atomic mass is 10.1. The Morgan fingerprint density at radius 3 is 2.63 bits per heavy atom. The minimum absolute atomic E-state index is 0.352.